The molecule has 0 aliphatic carbocycles. The van der Waals surface area contributed by atoms with E-state index in [0.29, 0.717) is 18.0 Å². The molecule has 1 aromatic rings. The van der Waals surface area contributed by atoms with Gasteiger partial charge in [0.25, 0.3) is 5.91 Å². The number of hydrogen-bond acceptors (Lipinski definition) is 4. The summed E-state index contributed by atoms with van der Waals surface area (Å²) >= 11 is 1.45. The first-order valence-electron chi connectivity index (χ1n) is 6.25. The Balaban J connectivity index is 2.23. The summed E-state index contributed by atoms with van der Waals surface area (Å²) in [6.45, 7) is 4.79. The van der Waals surface area contributed by atoms with Crippen molar-refractivity contribution in [3.63, 3.8) is 0 Å². The van der Waals surface area contributed by atoms with Gasteiger partial charge in [0.1, 0.15) is 0 Å². The molecule has 0 unspecified atom stereocenters. The van der Waals surface area contributed by atoms with E-state index in [1.54, 1.807) is 0 Å². The summed E-state index contributed by atoms with van der Waals surface area (Å²) in [6, 6.07) is 0.967. The van der Waals surface area contributed by atoms with Crippen LogP contribution < -0.4 is 0 Å². The number of ether oxygens (including phenoxy) is 1. The fourth-order valence-electron chi connectivity index (χ4n) is 2.17. The number of hydrogen-bond donors (Lipinski definition) is 1. The van der Waals surface area contributed by atoms with Crippen molar-refractivity contribution in [2.45, 2.75) is 26.3 Å². The Morgan fingerprint density at radius 1 is 1.58 bits per heavy atom. The zero-order valence-electron chi connectivity index (χ0n) is 11.0. The van der Waals surface area contributed by atoms with E-state index in [0.717, 1.165) is 12.0 Å². The summed E-state index contributed by atoms with van der Waals surface area (Å²) < 4.78 is 5.14. The van der Waals surface area contributed by atoms with Crippen LogP contribution in [0, 0.1) is 6.92 Å². The molecule has 1 amide bonds. The van der Waals surface area contributed by atoms with Crippen molar-refractivity contribution in [3.05, 3.63) is 21.4 Å². The number of aryl methyl sites for hydroxylation is 2. The highest BCUT2D eigenvalue weighted by Gasteiger charge is 2.33. The normalized spacial score (nSPS) is 19.5. The SMILES string of the molecule is CCc1sc(C(=O)N2CCOC[C@H]2C(=O)O)cc1C. The van der Waals surface area contributed by atoms with Crippen LogP contribution in [0.25, 0.3) is 0 Å². The monoisotopic (exact) mass is 283 g/mol. The van der Waals surface area contributed by atoms with E-state index in [4.69, 9.17) is 9.84 Å². The van der Waals surface area contributed by atoms with Crippen molar-refractivity contribution < 1.29 is 19.4 Å². The molecular formula is C13H17NO4S. The van der Waals surface area contributed by atoms with Gasteiger partial charge in [0, 0.05) is 11.4 Å². The van der Waals surface area contributed by atoms with Gasteiger partial charge >= 0.3 is 5.97 Å². The minimum absolute atomic E-state index is 0.0616. The number of morpholine rings is 1. The molecule has 1 fully saturated rings. The lowest BCUT2D eigenvalue weighted by atomic mass is 10.2. The van der Waals surface area contributed by atoms with Crippen LogP contribution in [-0.2, 0) is 16.0 Å². The number of carbonyl (C=O) groups excluding carboxylic acids is 1. The molecule has 19 heavy (non-hydrogen) atoms. The molecule has 0 spiro atoms. The largest absolute Gasteiger partial charge is 0.480 e. The van der Waals surface area contributed by atoms with Crippen LogP contribution in [0.1, 0.15) is 27.0 Å². The molecule has 0 radical (unpaired) electrons. The summed E-state index contributed by atoms with van der Waals surface area (Å²) in [6.07, 6.45) is 0.884. The second-order valence-corrected chi connectivity index (χ2v) is 5.63. The third-order valence-electron chi connectivity index (χ3n) is 3.23. The molecule has 0 bridgehead atoms. The Morgan fingerprint density at radius 2 is 2.32 bits per heavy atom. The number of carboxylic acids is 1. The van der Waals surface area contributed by atoms with Crippen molar-refractivity contribution in [3.8, 4) is 0 Å². The van der Waals surface area contributed by atoms with E-state index < -0.39 is 12.0 Å². The summed E-state index contributed by atoms with van der Waals surface area (Å²) in [5, 5.41) is 9.14. The van der Waals surface area contributed by atoms with Crippen molar-refractivity contribution >= 4 is 23.2 Å². The Labute approximate surface area is 115 Å². The Kier molecular flexibility index (Phi) is 4.21. The maximum atomic E-state index is 12.4. The summed E-state index contributed by atoms with van der Waals surface area (Å²) in [7, 11) is 0. The first-order valence-corrected chi connectivity index (χ1v) is 7.07. The van der Waals surface area contributed by atoms with Gasteiger partial charge in [0.2, 0.25) is 0 Å². The molecule has 2 rings (SSSR count). The van der Waals surface area contributed by atoms with Crippen molar-refractivity contribution in [1.82, 2.24) is 4.90 Å². The van der Waals surface area contributed by atoms with Crippen LogP contribution >= 0.6 is 11.3 Å². The van der Waals surface area contributed by atoms with Crippen LogP contribution in [0.4, 0.5) is 0 Å². The van der Waals surface area contributed by atoms with E-state index in [1.165, 1.54) is 21.1 Å². The molecule has 0 saturated carbocycles. The molecule has 6 heteroatoms. The zero-order valence-corrected chi connectivity index (χ0v) is 11.8. The molecule has 1 N–H and O–H groups in total. The molecule has 1 aliphatic heterocycles. The van der Waals surface area contributed by atoms with Gasteiger partial charge in [0.15, 0.2) is 6.04 Å². The lowest BCUT2D eigenvalue weighted by Gasteiger charge is -2.32. The zero-order chi connectivity index (χ0) is 14.0. The van der Waals surface area contributed by atoms with E-state index in [-0.39, 0.29) is 12.5 Å². The fraction of sp³-hybridized carbons (Fsp3) is 0.538. The summed E-state index contributed by atoms with van der Waals surface area (Å²) in [4.78, 5) is 26.8. The predicted octanol–water partition coefficient (Wildman–Crippen LogP) is 1.54. The molecule has 104 valence electrons. The third-order valence-corrected chi connectivity index (χ3v) is 4.60. The quantitative estimate of drug-likeness (QED) is 0.914. The van der Waals surface area contributed by atoms with Crippen LogP contribution in [0.5, 0.6) is 0 Å². The van der Waals surface area contributed by atoms with Crippen molar-refractivity contribution in [1.29, 1.82) is 0 Å². The Bertz CT molecular complexity index is 497. The van der Waals surface area contributed by atoms with E-state index >= 15 is 0 Å². The number of carboxylic acid groups (broad SMARTS) is 1. The number of carbonyl (C=O) groups is 2. The van der Waals surface area contributed by atoms with Crippen LogP contribution in [0.15, 0.2) is 6.07 Å². The summed E-state index contributed by atoms with van der Waals surface area (Å²) in [5.74, 6) is -1.22. The number of aliphatic carboxylic acids is 1. The van der Waals surface area contributed by atoms with Gasteiger partial charge in [-0.15, -0.1) is 11.3 Å². The molecular weight excluding hydrogens is 266 g/mol. The molecule has 1 aromatic heterocycles. The van der Waals surface area contributed by atoms with E-state index in [1.807, 2.05) is 19.9 Å². The molecule has 1 saturated heterocycles. The Morgan fingerprint density at radius 3 is 2.89 bits per heavy atom. The highest BCUT2D eigenvalue weighted by atomic mass is 32.1. The molecule has 1 aliphatic rings. The number of rotatable bonds is 3. The van der Waals surface area contributed by atoms with Crippen LogP contribution in [0.2, 0.25) is 0 Å². The molecule has 2 heterocycles. The topological polar surface area (TPSA) is 66.8 Å². The molecule has 0 aromatic carbocycles. The van der Waals surface area contributed by atoms with Crippen LogP contribution in [-0.4, -0.2) is 47.7 Å². The molecule has 5 nitrogen and oxygen atoms in total. The number of nitrogens with zero attached hydrogens (tertiary/aromatic N) is 1. The predicted molar refractivity (Wildman–Crippen MR) is 71.7 cm³/mol. The highest BCUT2D eigenvalue weighted by Crippen LogP contribution is 2.25. The van der Waals surface area contributed by atoms with Crippen molar-refractivity contribution in [2.75, 3.05) is 19.8 Å². The maximum absolute atomic E-state index is 12.4. The van der Waals surface area contributed by atoms with E-state index in [2.05, 4.69) is 0 Å². The number of amides is 1. The van der Waals surface area contributed by atoms with Gasteiger partial charge in [-0.25, -0.2) is 4.79 Å². The lowest BCUT2D eigenvalue weighted by Crippen LogP contribution is -2.52. The van der Waals surface area contributed by atoms with Gasteiger partial charge in [-0.05, 0) is 25.0 Å². The Hall–Kier alpha value is -1.40. The second kappa shape index (κ2) is 5.71. The maximum Gasteiger partial charge on any atom is 0.328 e. The van der Waals surface area contributed by atoms with E-state index in [9.17, 15) is 9.59 Å². The van der Waals surface area contributed by atoms with Crippen molar-refractivity contribution in [2.24, 2.45) is 0 Å². The third kappa shape index (κ3) is 2.79. The van der Waals surface area contributed by atoms with Gasteiger partial charge in [-0.3, -0.25) is 4.79 Å². The smallest absolute Gasteiger partial charge is 0.328 e. The fourth-order valence-corrected chi connectivity index (χ4v) is 3.24. The first-order chi connectivity index (χ1) is 9.04. The summed E-state index contributed by atoms with van der Waals surface area (Å²) in [5.41, 5.74) is 1.09. The van der Waals surface area contributed by atoms with Gasteiger partial charge in [-0.2, -0.15) is 0 Å². The molecule has 1 atom stereocenters. The first kappa shape index (κ1) is 14.0. The van der Waals surface area contributed by atoms with Crippen LogP contribution in [0.3, 0.4) is 0 Å². The second-order valence-electron chi connectivity index (χ2n) is 4.50. The standard InChI is InChI=1S/C13H17NO4S/c1-3-10-8(2)6-11(19-10)12(15)14-4-5-18-7-9(14)13(16)17/h6,9H,3-5,7H2,1-2H3,(H,16,17)/t9-/m0/s1. The lowest BCUT2D eigenvalue weighted by molar-refractivity contribution is -0.147. The minimum atomic E-state index is -1.02. The van der Waals surface area contributed by atoms with Gasteiger partial charge in [0.05, 0.1) is 18.1 Å². The number of thiophene rings is 1. The van der Waals surface area contributed by atoms with Gasteiger partial charge in [-0.1, -0.05) is 6.92 Å². The average molecular weight is 283 g/mol. The highest BCUT2D eigenvalue weighted by molar-refractivity contribution is 7.14. The van der Waals surface area contributed by atoms with Gasteiger partial charge < -0.3 is 14.7 Å². The average Bonchev–Trinajstić information content (AvgIpc) is 2.79. The minimum Gasteiger partial charge on any atom is -0.480 e.